The van der Waals surface area contributed by atoms with Crippen LogP contribution in [0.4, 0.5) is 11.5 Å². The van der Waals surface area contributed by atoms with Crippen molar-refractivity contribution in [3.63, 3.8) is 0 Å². The van der Waals surface area contributed by atoms with E-state index in [0.29, 0.717) is 6.42 Å². The maximum absolute atomic E-state index is 12.1. The lowest BCUT2D eigenvalue weighted by molar-refractivity contribution is -0.118. The van der Waals surface area contributed by atoms with Crippen LogP contribution >= 0.6 is 0 Å². The van der Waals surface area contributed by atoms with Crippen LogP contribution in [0.2, 0.25) is 0 Å². The number of nitrogens with zero attached hydrogens (tertiary/aromatic N) is 2. The molecule has 1 heterocycles. The molecule has 0 radical (unpaired) electrons. The van der Waals surface area contributed by atoms with Crippen molar-refractivity contribution in [2.45, 2.75) is 40.0 Å². The lowest BCUT2D eigenvalue weighted by atomic mass is 9.90. The molecule has 0 unspecified atom stereocenters. The number of anilines is 2. The van der Waals surface area contributed by atoms with Gasteiger partial charge in [0.2, 0.25) is 5.91 Å². The highest BCUT2D eigenvalue weighted by Crippen LogP contribution is 2.22. The minimum absolute atomic E-state index is 0.142. The van der Waals surface area contributed by atoms with Crippen LogP contribution < -0.4 is 10.2 Å². The molecule has 0 spiro atoms. The first-order valence-electron chi connectivity index (χ1n) is 6.74. The summed E-state index contributed by atoms with van der Waals surface area (Å²) < 4.78 is 0. The average molecular weight is 263 g/mol. The molecule has 0 bridgehead atoms. The molecule has 0 fully saturated rings. The summed E-state index contributed by atoms with van der Waals surface area (Å²) in [5.41, 5.74) is 1.12. The summed E-state index contributed by atoms with van der Waals surface area (Å²) in [7, 11) is 3.62. The maximum Gasteiger partial charge on any atom is 0.226 e. The Morgan fingerprint density at radius 3 is 2.53 bits per heavy atom. The van der Waals surface area contributed by atoms with Gasteiger partial charge in [0.25, 0.3) is 0 Å². The van der Waals surface area contributed by atoms with Crippen LogP contribution in [0.25, 0.3) is 0 Å². The molecule has 0 aliphatic heterocycles. The van der Waals surface area contributed by atoms with Crippen LogP contribution in [0.3, 0.4) is 0 Å². The number of amides is 1. The molecule has 1 aromatic heterocycles. The predicted molar refractivity (Wildman–Crippen MR) is 80.5 cm³/mol. The predicted octanol–water partition coefficient (Wildman–Crippen LogP) is 3.30. The molecule has 19 heavy (non-hydrogen) atoms. The number of hydrogen-bond acceptors (Lipinski definition) is 3. The number of pyridine rings is 1. The van der Waals surface area contributed by atoms with E-state index in [-0.39, 0.29) is 11.3 Å². The highest BCUT2D eigenvalue weighted by molar-refractivity contribution is 5.92. The Hall–Kier alpha value is -1.58. The Bertz CT molecular complexity index is 406. The third-order valence-corrected chi connectivity index (χ3v) is 3.08. The van der Waals surface area contributed by atoms with E-state index >= 15 is 0 Å². The number of rotatable bonds is 5. The largest absolute Gasteiger partial charge is 0.373 e. The second-order valence-electron chi connectivity index (χ2n) is 6.02. The molecule has 0 saturated heterocycles. The highest BCUT2D eigenvalue weighted by Gasteiger charge is 2.14. The van der Waals surface area contributed by atoms with E-state index in [1.807, 2.05) is 19.2 Å². The van der Waals surface area contributed by atoms with Gasteiger partial charge in [0.05, 0.1) is 11.9 Å². The van der Waals surface area contributed by atoms with Crippen molar-refractivity contribution in [2.24, 2.45) is 5.41 Å². The Morgan fingerprint density at radius 1 is 1.37 bits per heavy atom. The van der Waals surface area contributed by atoms with Gasteiger partial charge in [-0.1, -0.05) is 20.8 Å². The number of nitrogens with one attached hydrogen (secondary N) is 1. The van der Waals surface area contributed by atoms with Crippen LogP contribution in [-0.2, 0) is 4.79 Å². The highest BCUT2D eigenvalue weighted by atomic mass is 16.2. The van der Waals surface area contributed by atoms with Gasteiger partial charge >= 0.3 is 0 Å². The molecule has 1 aromatic rings. The van der Waals surface area contributed by atoms with Crippen molar-refractivity contribution in [3.05, 3.63) is 18.3 Å². The monoisotopic (exact) mass is 263 g/mol. The van der Waals surface area contributed by atoms with Crippen molar-refractivity contribution in [2.75, 3.05) is 24.3 Å². The molecule has 106 valence electrons. The van der Waals surface area contributed by atoms with Crippen LogP contribution in [0.15, 0.2) is 18.3 Å². The summed E-state index contributed by atoms with van der Waals surface area (Å²) in [6, 6.07) is 3.77. The van der Waals surface area contributed by atoms with Gasteiger partial charge in [-0.25, -0.2) is 4.98 Å². The molecular weight excluding hydrogens is 238 g/mol. The zero-order chi connectivity index (χ0) is 14.5. The SMILES string of the molecule is CNc1ccc(N(C)C(=O)CCCC(C)(C)C)cn1. The van der Waals surface area contributed by atoms with Gasteiger partial charge in [-0.15, -0.1) is 0 Å². The summed E-state index contributed by atoms with van der Waals surface area (Å²) in [5, 5.41) is 2.96. The fraction of sp³-hybridized carbons (Fsp3) is 0.600. The smallest absolute Gasteiger partial charge is 0.226 e. The Balaban J connectivity index is 2.51. The zero-order valence-electron chi connectivity index (χ0n) is 12.7. The molecule has 4 heteroatoms. The first-order valence-corrected chi connectivity index (χ1v) is 6.74. The van der Waals surface area contributed by atoms with Gasteiger partial charge < -0.3 is 10.2 Å². The fourth-order valence-corrected chi connectivity index (χ4v) is 1.81. The topological polar surface area (TPSA) is 45.2 Å². The van der Waals surface area contributed by atoms with Crippen molar-refractivity contribution in [1.82, 2.24) is 4.98 Å². The third kappa shape index (κ3) is 5.28. The summed E-state index contributed by atoms with van der Waals surface area (Å²) in [6.07, 6.45) is 4.28. The number of carbonyl (C=O) groups excluding carboxylic acids is 1. The van der Waals surface area contributed by atoms with Crippen LogP contribution in [-0.4, -0.2) is 25.0 Å². The summed E-state index contributed by atoms with van der Waals surface area (Å²) >= 11 is 0. The summed E-state index contributed by atoms with van der Waals surface area (Å²) in [4.78, 5) is 18.0. The van der Waals surface area contributed by atoms with E-state index in [2.05, 4.69) is 31.1 Å². The Morgan fingerprint density at radius 2 is 2.05 bits per heavy atom. The van der Waals surface area contributed by atoms with Crippen molar-refractivity contribution < 1.29 is 4.79 Å². The standard InChI is InChI=1S/C15H25N3O/c1-15(2,3)10-6-7-14(19)18(5)12-8-9-13(16-4)17-11-12/h8-9,11H,6-7,10H2,1-5H3,(H,16,17). The van der Waals surface area contributed by atoms with E-state index in [4.69, 9.17) is 0 Å². The molecule has 1 rings (SSSR count). The lowest BCUT2D eigenvalue weighted by Crippen LogP contribution is -2.26. The minimum Gasteiger partial charge on any atom is -0.373 e. The number of carbonyl (C=O) groups is 1. The Labute approximate surface area is 116 Å². The fourth-order valence-electron chi connectivity index (χ4n) is 1.81. The normalized spacial score (nSPS) is 11.2. The molecule has 0 aromatic carbocycles. The van der Waals surface area contributed by atoms with Gasteiger partial charge in [0.15, 0.2) is 0 Å². The van der Waals surface area contributed by atoms with Crippen LogP contribution in [0, 0.1) is 5.41 Å². The number of hydrogen-bond donors (Lipinski definition) is 1. The summed E-state index contributed by atoms with van der Waals surface area (Å²) in [5.74, 6) is 0.945. The van der Waals surface area contributed by atoms with E-state index in [0.717, 1.165) is 24.3 Å². The van der Waals surface area contributed by atoms with Crippen LogP contribution in [0.5, 0.6) is 0 Å². The van der Waals surface area contributed by atoms with Gasteiger partial charge in [-0.3, -0.25) is 4.79 Å². The minimum atomic E-state index is 0.142. The Kier molecular flexibility index (Phi) is 5.33. The molecule has 4 nitrogen and oxygen atoms in total. The van der Waals surface area contributed by atoms with Gasteiger partial charge in [-0.2, -0.15) is 0 Å². The molecule has 1 N–H and O–H groups in total. The first-order chi connectivity index (χ1) is 8.83. The molecule has 0 aliphatic carbocycles. The third-order valence-electron chi connectivity index (χ3n) is 3.08. The van der Waals surface area contributed by atoms with Crippen molar-refractivity contribution >= 4 is 17.4 Å². The van der Waals surface area contributed by atoms with Gasteiger partial charge in [0, 0.05) is 20.5 Å². The van der Waals surface area contributed by atoms with Crippen molar-refractivity contribution in [3.8, 4) is 0 Å². The molecule has 0 atom stereocenters. The average Bonchev–Trinajstić information content (AvgIpc) is 2.36. The van der Waals surface area contributed by atoms with Gasteiger partial charge in [0.1, 0.15) is 5.82 Å². The molecule has 1 amide bonds. The van der Waals surface area contributed by atoms with Crippen LogP contribution in [0.1, 0.15) is 40.0 Å². The second kappa shape index (κ2) is 6.55. The first kappa shape index (κ1) is 15.5. The summed E-state index contributed by atoms with van der Waals surface area (Å²) in [6.45, 7) is 6.59. The van der Waals surface area contributed by atoms with Crippen molar-refractivity contribution in [1.29, 1.82) is 0 Å². The molecule has 0 saturated carbocycles. The molecular formula is C15H25N3O. The van der Waals surface area contributed by atoms with E-state index < -0.39 is 0 Å². The second-order valence-corrected chi connectivity index (χ2v) is 6.02. The number of aromatic nitrogens is 1. The lowest BCUT2D eigenvalue weighted by Gasteiger charge is -2.20. The quantitative estimate of drug-likeness (QED) is 0.886. The van der Waals surface area contributed by atoms with Gasteiger partial charge in [-0.05, 0) is 30.4 Å². The zero-order valence-corrected chi connectivity index (χ0v) is 12.7. The maximum atomic E-state index is 12.1. The molecule has 0 aliphatic rings. The van der Waals surface area contributed by atoms with E-state index in [9.17, 15) is 4.79 Å². The van der Waals surface area contributed by atoms with E-state index in [1.54, 1.807) is 18.1 Å². The van der Waals surface area contributed by atoms with E-state index in [1.165, 1.54) is 0 Å².